The van der Waals surface area contributed by atoms with E-state index in [9.17, 15) is 51.3 Å². The second-order valence-electron chi connectivity index (χ2n) is 12.9. The molecule has 0 aliphatic rings. The predicted molar refractivity (Wildman–Crippen MR) is 179 cm³/mol. The van der Waals surface area contributed by atoms with Crippen molar-refractivity contribution in [2.45, 2.75) is 70.9 Å². The van der Waals surface area contributed by atoms with Crippen LogP contribution < -0.4 is 11.1 Å². The van der Waals surface area contributed by atoms with Crippen molar-refractivity contribution in [1.29, 1.82) is 0 Å². The predicted octanol–water partition coefficient (Wildman–Crippen LogP) is 4.17. The summed E-state index contributed by atoms with van der Waals surface area (Å²) in [6, 6.07) is 10.6. The molecule has 0 saturated carbocycles. The molecule has 7 N–H and O–H groups in total. The fourth-order valence-electron chi connectivity index (χ4n) is 5.31. The van der Waals surface area contributed by atoms with E-state index >= 15 is 0 Å². The standard InChI is InChI=1S/C33H40F2N4O7.C2HF3O2/c1-33(2,3)30(39(28(41)19-40)14-13-25(36)31(44)37-26(32(45)46)11-12-29(42)43)27-15-21(23-16-22(34)9-10-24(23)35)18-38(27)17-20-7-5-4-6-8-20;3-2(4,5)1(6)7/h4-10,15-16,18,25-26,30,40H,11-14,17,19,36H2,1-3H3,(H,37,44)(H,42,43)(H,45,46);(H,6,7). The zero-order valence-corrected chi connectivity index (χ0v) is 28.9. The third kappa shape index (κ3) is 13.3. The minimum absolute atomic E-state index is 0.0235. The van der Waals surface area contributed by atoms with E-state index in [2.05, 4.69) is 5.32 Å². The summed E-state index contributed by atoms with van der Waals surface area (Å²) in [5.74, 6) is -8.19. The molecule has 18 heteroatoms. The maximum Gasteiger partial charge on any atom is 0.490 e. The van der Waals surface area contributed by atoms with Gasteiger partial charge in [0.05, 0.1) is 12.1 Å². The molecule has 1 aromatic heterocycles. The minimum atomic E-state index is -5.08. The van der Waals surface area contributed by atoms with E-state index in [4.69, 9.17) is 20.7 Å². The molecule has 13 nitrogen and oxygen atoms in total. The lowest BCUT2D eigenvalue weighted by Crippen LogP contribution is -2.50. The number of aromatic nitrogens is 1. The van der Waals surface area contributed by atoms with Gasteiger partial charge in [-0.25, -0.2) is 18.4 Å². The molecule has 0 aliphatic heterocycles. The van der Waals surface area contributed by atoms with Gasteiger partial charge in [0.2, 0.25) is 11.8 Å². The highest BCUT2D eigenvalue weighted by molar-refractivity contribution is 5.87. The van der Waals surface area contributed by atoms with Crippen LogP contribution in [-0.2, 0) is 30.5 Å². The average molecular weight is 757 g/mol. The van der Waals surface area contributed by atoms with Crippen molar-refractivity contribution in [3.63, 3.8) is 0 Å². The van der Waals surface area contributed by atoms with Crippen LogP contribution >= 0.6 is 0 Å². The zero-order chi connectivity index (χ0) is 40.3. The largest absolute Gasteiger partial charge is 0.490 e. The van der Waals surface area contributed by atoms with Gasteiger partial charge in [-0.05, 0) is 48.1 Å². The first-order chi connectivity index (χ1) is 24.6. The van der Waals surface area contributed by atoms with Crippen LogP contribution in [0.1, 0.15) is 57.3 Å². The number of hydrogen-bond acceptors (Lipinski definition) is 7. The number of aliphatic carboxylic acids is 3. The van der Waals surface area contributed by atoms with Gasteiger partial charge < -0.3 is 40.9 Å². The van der Waals surface area contributed by atoms with Crippen molar-refractivity contribution in [2.24, 2.45) is 11.1 Å². The maximum atomic E-state index is 14.9. The quantitative estimate of drug-likeness (QED) is 0.122. The third-order valence-corrected chi connectivity index (χ3v) is 7.75. The number of alkyl halides is 3. The number of carbonyl (C=O) groups excluding carboxylic acids is 2. The lowest BCUT2D eigenvalue weighted by Gasteiger charge is -2.41. The number of halogens is 5. The Balaban J connectivity index is 0.00000126. The molecule has 0 fully saturated rings. The average Bonchev–Trinajstić information content (AvgIpc) is 3.46. The monoisotopic (exact) mass is 756 g/mol. The molecule has 290 valence electrons. The highest BCUT2D eigenvalue weighted by Gasteiger charge is 2.39. The van der Waals surface area contributed by atoms with Gasteiger partial charge in [-0.3, -0.25) is 14.4 Å². The smallest absolute Gasteiger partial charge is 0.481 e. The second kappa shape index (κ2) is 18.9. The number of carboxylic acids is 3. The molecule has 2 amide bonds. The van der Waals surface area contributed by atoms with E-state index in [0.29, 0.717) is 17.8 Å². The Hall–Kier alpha value is -5.36. The minimum Gasteiger partial charge on any atom is -0.481 e. The molecule has 3 unspecified atom stereocenters. The Bertz CT molecular complexity index is 1740. The molecule has 0 radical (unpaired) electrons. The van der Waals surface area contributed by atoms with Crippen LogP contribution in [0.5, 0.6) is 0 Å². The van der Waals surface area contributed by atoms with E-state index in [-0.39, 0.29) is 24.9 Å². The third-order valence-electron chi connectivity index (χ3n) is 7.75. The topological polar surface area (TPSA) is 212 Å². The van der Waals surface area contributed by atoms with Crippen molar-refractivity contribution >= 4 is 29.7 Å². The van der Waals surface area contributed by atoms with Gasteiger partial charge in [0.15, 0.2) is 0 Å². The van der Waals surface area contributed by atoms with Crippen molar-refractivity contribution in [2.75, 3.05) is 13.2 Å². The Morgan fingerprint density at radius 3 is 2.04 bits per heavy atom. The fraction of sp³-hybridized carbons (Fsp3) is 0.400. The van der Waals surface area contributed by atoms with Crippen molar-refractivity contribution in [1.82, 2.24) is 14.8 Å². The summed E-state index contributed by atoms with van der Waals surface area (Å²) < 4.78 is 62.7. The Morgan fingerprint density at radius 2 is 1.53 bits per heavy atom. The molecule has 3 rings (SSSR count). The van der Waals surface area contributed by atoms with Gasteiger partial charge in [-0.15, -0.1) is 0 Å². The summed E-state index contributed by atoms with van der Waals surface area (Å²) in [5, 5.41) is 37.6. The maximum absolute atomic E-state index is 14.9. The highest BCUT2D eigenvalue weighted by atomic mass is 19.4. The molecule has 0 saturated heterocycles. The number of nitrogens with one attached hydrogen (secondary N) is 1. The lowest BCUT2D eigenvalue weighted by molar-refractivity contribution is -0.192. The number of aliphatic hydroxyl groups excluding tert-OH is 1. The van der Waals surface area contributed by atoms with Crippen LogP contribution in [0.4, 0.5) is 22.0 Å². The first kappa shape index (κ1) is 43.8. The molecular weight excluding hydrogens is 715 g/mol. The Labute approximate surface area is 300 Å². The van der Waals surface area contributed by atoms with Gasteiger partial charge in [-0.1, -0.05) is 51.1 Å². The molecule has 1 heterocycles. The zero-order valence-electron chi connectivity index (χ0n) is 28.9. The molecule has 53 heavy (non-hydrogen) atoms. The number of nitrogens with zero attached hydrogens (tertiary/aromatic N) is 2. The molecule has 2 aromatic carbocycles. The van der Waals surface area contributed by atoms with Crippen LogP contribution in [0.2, 0.25) is 0 Å². The van der Waals surface area contributed by atoms with Crippen LogP contribution in [0.3, 0.4) is 0 Å². The summed E-state index contributed by atoms with van der Waals surface area (Å²) in [7, 11) is 0. The van der Waals surface area contributed by atoms with E-state index in [0.717, 1.165) is 23.8 Å². The van der Waals surface area contributed by atoms with Crippen LogP contribution in [-0.4, -0.2) is 91.0 Å². The normalized spacial score (nSPS) is 13.2. The van der Waals surface area contributed by atoms with Crippen molar-refractivity contribution in [3.05, 3.63) is 83.7 Å². The van der Waals surface area contributed by atoms with E-state index < -0.39 is 84.1 Å². The summed E-state index contributed by atoms with van der Waals surface area (Å²) in [5.41, 5.74) is 7.23. The first-order valence-electron chi connectivity index (χ1n) is 16.0. The number of aliphatic hydroxyl groups is 1. The number of rotatable bonds is 15. The summed E-state index contributed by atoms with van der Waals surface area (Å²) >= 11 is 0. The summed E-state index contributed by atoms with van der Waals surface area (Å²) in [4.78, 5) is 58.8. The molecule has 3 aromatic rings. The number of benzene rings is 2. The Morgan fingerprint density at radius 1 is 0.925 bits per heavy atom. The molecule has 3 atom stereocenters. The number of amides is 2. The van der Waals surface area contributed by atoms with Crippen LogP contribution in [0, 0.1) is 17.0 Å². The van der Waals surface area contributed by atoms with Crippen molar-refractivity contribution < 1.29 is 66.4 Å². The second-order valence-corrected chi connectivity index (χ2v) is 12.9. The summed E-state index contributed by atoms with van der Waals surface area (Å²) in [6.45, 7) is 4.91. The van der Waals surface area contributed by atoms with E-state index in [1.54, 1.807) is 12.3 Å². The molecular formula is C35H41F5N4O9. The van der Waals surface area contributed by atoms with Gasteiger partial charge in [-0.2, -0.15) is 13.2 Å². The lowest BCUT2D eigenvalue weighted by atomic mass is 9.82. The molecule has 0 spiro atoms. The van der Waals surface area contributed by atoms with Gasteiger partial charge in [0.25, 0.3) is 0 Å². The number of carboxylic acid groups (broad SMARTS) is 3. The summed E-state index contributed by atoms with van der Waals surface area (Å²) in [6.07, 6.45) is -4.39. The van der Waals surface area contributed by atoms with E-state index in [1.807, 2.05) is 55.7 Å². The van der Waals surface area contributed by atoms with Crippen LogP contribution in [0.15, 0.2) is 60.8 Å². The van der Waals surface area contributed by atoms with E-state index in [1.165, 1.54) is 4.90 Å². The SMILES string of the molecule is CC(C)(C)C(c1cc(-c2cc(F)ccc2F)cn1Cc1ccccc1)N(CCC(N)C(=O)NC(CCC(=O)O)C(=O)O)C(=O)CO.O=C(O)C(F)(F)F. The van der Waals surface area contributed by atoms with Crippen LogP contribution in [0.25, 0.3) is 11.1 Å². The first-order valence-corrected chi connectivity index (χ1v) is 16.0. The van der Waals surface area contributed by atoms with Gasteiger partial charge in [0, 0.05) is 42.5 Å². The molecule has 0 bridgehead atoms. The fourth-order valence-corrected chi connectivity index (χ4v) is 5.31. The molecule has 0 aliphatic carbocycles. The van der Waals surface area contributed by atoms with Gasteiger partial charge in [0.1, 0.15) is 24.3 Å². The Kier molecular flexibility index (Phi) is 15.6. The van der Waals surface area contributed by atoms with Crippen molar-refractivity contribution in [3.8, 4) is 11.1 Å². The highest BCUT2D eigenvalue weighted by Crippen LogP contribution is 2.41. The van der Waals surface area contributed by atoms with Gasteiger partial charge >= 0.3 is 24.1 Å². The number of carbonyl (C=O) groups is 5. The number of nitrogens with two attached hydrogens (primary N) is 1. The number of hydrogen-bond donors (Lipinski definition) is 6.